The van der Waals surface area contributed by atoms with Crippen LogP contribution in [-0.4, -0.2) is 26.5 Å². The molecule has 0 spiro atoms. The van der Waals surface area contributed by atoms with Gasteiger partial charge in [0, 0.05) is 0 Å². The van der Waals surface area contributed by atoms with Gasteiger partial charge in [0.2, 0.25) is 0 Å². The maximum atomic E-state index is 11.9. The Morgan fingerprint density at radius 3 is 3.00 bits per heavy atom. The van der Waals surface area contributed by atoms with Crippen molar-refractivity contribution in [3.8, 4) is 0 Å². The lowest BCUT2D eigenvalue weighted by atomic mass is 10.1. The zero-order valence-electron chi connectivity index (χ0n) is 9.68. The number of carbonyl (C=O) groups excluding carboxylic acids is 1. The zero-order chi connectivity index (χ0) is 13.0. The number of H-pyrrole nitrogens is 1. The monoisotopic (exact) mass is 313 g/mol. The van der Waals surface area contributed by atoms with E-state index in [1.807, 2.05) is 6.92 Å². The van der Waals surface area contributed by atoms with Crippen molar-refractivity contribution in [2.45, 2.75) is 25.8 Å². The van der Waals surface area contributed by atoms with Gasteiger partial charge in [-0.3, -0.25) is 4.79 Å². The summed E-state index contributed by atoms with van der Waals surface area (Å²) in [4.78, 5) is 11.9. The number of aromatic nitrogens is 4. The number of hydrogen-bond acceptors (Lipinski definition) is 5. The minimum Gasteiger partial charge on any atom is -0.444 e. The van der Waals surface area contributed by atoms with Gasteiger partial charge in [-0.2, -0.15) is 5.21 Å². The first-order chi connectivity index (χ1) is 8.70. The third-order valence-electron chi connectivity index (χ3n) is 2.35. The molecule has 1 amide bonds. The number of hydrogen-bond donors (Lipinski definition) is 2. The van der Waals surface area contributed by atoms with E-state index in [1.165, 1.54) is 0 Å². The summed E-state index contributed by atoms with van der Waals surface area (Å²) in [6.07, 6.45) is 1.62. The van der Waals surface area contributed by atoms with Gasteiger partial charge < -0.3 is 9.73 Å². The fraction of sp³-hybridized carbons (Fsp3) is 0.400. The lowest BCUT2D eigenvalue weighted by molar-refractivity contribution is 0.0903. The average Bonchev–Trinajstić information content (AvgIpc) is 2.98. The molecule has 2 heterocycles. The number of aromatic amines is 1. The molecule has 2 rings (SSSR count). The molecule has 0 radical (unpaired) electrons. The van der Waals surface area contributed by atoms with E-state index in [1.54, 1.807) is 12.1 Å². The van der Waals surface area contributed by atoms with E-state index in [-0.39, 0.29) is 17.7 Å². The summed E-state index contributed by atoms with van der Waals surface area (Å²) in [6.45, 7) is 2.02. The van der Waals surface area contributed by atoms with E-state index in [0.717, 1.165) is 12.8 Å². The summed E-state index contributed by atoms with van der Waals surface area (Å²) in [7, 11) is 0. The number of carbonyl (C=O) groups is 1. The minimum absolute atomic E-state index is 0.242. The Labute approximate surface area is 111 Å². The van der Waals surface area contributed by atoms with Gasteiger partial charge in [-0.05, 0) is 34.5 Å². The lowest BCUT2D eigenvalue weighted by Gasteiger charge is -2.13. The standard InChI is InChI=1S/C10H12BrN5O2/c1-2-3-6(9-13-15-16-14-9)12-10(17)7-4-5-8(11)18-7/h4-6H,2-3H2,1H3,(H,12,17)(H,13,14,15,16)/t6-/m1/s1. The predicted molar refractivity (Wildman–Crippen MR) is 65.7 cm³/mol. The molecule has 0 bridgehead atoms. The summed E-state index contributed by atoms with van der Waals surface area (Å²) in [5.41, 5.74) is 0. The molecule has 0 unspecified atom stereocenters. The van der Waals surface area contributed by atoms with E-state index in [2.05, 4.69) is 41.9 Å². The van der Waals surface area contributed by atoms with Gasteiger partial charge in [0.15, 0.2) is 16.3 Å². The largest absolute Gasteiger partial charge is 0.444 e. The Morgan fingerprint density at radius 2 is 2.44 bits per heavy atom. The molecule has 1 atom stereocenters. The molecule has 7 nitrogen and oxygen atoms in total. The van der Waals surface area contributed by atoms with Crippen molar-refractivity contribution < 1.29 is 9.21 Å². The van der Waals surface area contributed by atoms with E-state index < -0.39 is 0 Å². The van der Waals surface area contributed by atoms with Gasteiger partial charge in [-0.25, -0.2) is 0 Å². The quantitative estimate of drug-likeness (QED) is 0.877. The molecular weight excluding hydrogens is 302 g/mol. The van der Waals surface area contributed by atoms with Crippen molar-refractivity contribution in [3.05, 3.63) is 28.4 Å². The van der Waals surface area contributed by atoms with Gasteiger partial charge in [-0.15, -0.1) is 10.2 Å². The molecular formula is C10H12BrN5O2. The molecule has 96 valence electrons. The molecule has 0 aromatic carbocycles. The highest BCUT2D eigenvalue weighted by atomic mass is 79.9. The predicted octanol–water partition coefficient (Wildman–Crippen LogP) is 1.83. The fourth-order valence-electron chi connectivity index (χ4n) is 1.54. The van der Waals surface area contributed by atoms with Gasteiger partial charge in [-0.1, -0.05) is 18.6 Å². The van der Waals surface area contributed by atoms with Crippen LogP contribution < -0.4 is 5.32 Å². The van der Waals surface area contributed by atoms with Crippen molar-refractivity contribution in [2.75, 3.05) is 0 Å². The number of tetrazole rings is 1. The van der Waals surface area contributed by atoms with Crippen LogP contribution >= 0.6 is 15.9 Å². The van der Waals surface area contributed by atoms with Crippen LogP contribution in [0.15, 0.2) is 21.2 Å². The average molecular weight is 314 g/mol. The van der Waals surface area contributed by atoms with Crippen LogP contribution in [0, 0.1) is 0 Å². The molecule has 0 aliphatic heterocycles. The number of nitrogens with zero attached hydrogens (tertiary/aromatic N) is 3. The van der Waals surface area contributed by atoms with Crippen molar-refractivity contribution in [1.29, 1.82) is 0 Å². The van der Waals surface area contributed by atoms with Gasteiger partial charge in [0.1, 0.15) is 0 Å². The SMILES string of the molecule is CCC[C@@H](NC(=O)c1ccc(Br)o1)c1nn[nH]n1. The van der Waals surface area contributed by atoms with Crippen LogP contribution in [-0.2, 0) is 0 Å². The summed E-state index contributed by atoms with van der Waals surface area (Å²) >= 11 is 3.15. The first-order valence-corrected chi connectivity index (χ1v) is 6.29. The van der Waals surface area contributed by atoms with Gasteiger partial charge >= 0.3 is 0 Å². The first-order valence-electron chi connectivity index (χ1n) is 5.50. The van der Waals surface area contributed by atoms with Crippen molar-refractivity contribution in [3.63, 3.8) is 0 Å². The van der Waals surface area contributed by atoms with E-state index in [4.69, 9.17) is 4.42 Å². The molecule has 0 fully saturated rings. The number of halogens is 1. The highest BCUT2D eigenvalue weighted by molar-refractivity contribution is 9.10. The molecule has 0 aliphatic carbocycles. The van der Waals surface area contributed by atoms with Crippen LogP contribution in [0.25, 0.3) is 0 Å². The Morgan fingerprint density at radius 1 is 1.61 bits per heavy atom. The molecule has 2 aromatic heterocycles. The summed E-state index contributed by atoms with van der Waals surface area (Å²) < 4.78 is 5.70. The molecule has 8 heteroatoms. The Kier molecular flexibility index (Phi) is 4.08. The molecule has 18 heavy (non-hydrogen) atoms. The Hall–Kier alpha value is -1.70. The van der Waals surface area contributed by atoms with Crippen LogP contribution in [0.5, 0.6) is 0 Å². The second kappa shape index (κ2) is 5.76. The Balaban J connectivity index is 2.07. The second-order valence-electron chi connectivity index (χ2n) is 3.69. The number of rotatable bonds is 5. The summed E-state index contributed by atoms with van der Waals surface area (Å²) in [5, 5.41) is 16.4. The first kappa shape index (κ1) is 12.7. The summed E-state index contributed by atoms with van der Waals surface area (Å²) in [5.74, 6) is 0.409. The third-order valence-corrected chi connectivity index (χ3v) is 2.78. The highest BCUT2D eigenvalue weighted by Crippen LogP contribution is 2.17. The number of amides is 1. The summed E-state index contributed by atoms with van der Waals surface area (Å²) in [6, 6.07) is 2.99. The molecule has 0 saturated carbocycles. The van der Waals surface area contributed by atoms with E-state index in [0.29, 0.717) is 10.5 Å². The highest BCUT2D eigenvalue weighted by Gasteiger charge is 2.20. The minimum atomic E-state index is -0.302. The Bertz CT molecular complexity index is 510. The second-order valence-corrected chi connectivity index (χ2v) is 4.47. The smallest absolute Gasteiger partial charge is 0.287 e. The normalized spacial score (nSPS) is 12.3. The number of nitrogens with one attached hydrogen (secondary N) is 2. The maximum absolute atomic E-state index is 11.9. The van der Waals surface area contributed by atoms with Gasteiger partial charge in [0.05, 0.1) is 6.04 Å². The van der Waals surface area contributed by atoms with Gasteiger partial charge in [0.25, 0.3) is 5.91 Å². The van der Waals surface area contributed by atoms with Crippen LogP contribution in [0.1, 0.15) is 42.2 Å². The van der Waals surface area contributed by atoms with Crippen LogP contribution in [0.3, 0.4) is 0 Å². The maximum Gasteiger partial charge on any atom is 0.287 e. The fourth-order valence-corrected chi connectivity index (χ4v) is 1.84. The zero-order valence-corrected chi connectivity index (χ0v) is 11.3. The van der Waals surface area contributed by atoms with E-state index >= 15 is 0 Å². The van der Waals surface area contributed by atoms with Crippen LogP contribution in [0.4, 0.5) is 0 Å². The molecule has 0 aliphatic rings. The molecule has 2 N–H and O–H groups in total. The molecule has 0 saturated heterocycles. The van der Waals surface area contributed by atoms with Crippen molar-refractivity contribution >= 4 is 21.8 Å². The topological polar surface area (TPSA) is 96.7 Å². The molecule has 2 aromatic rings. The van der Waals surface area contributed by atoms with Crippen molar-refractivity contribution in [1.82, 2.24) is 25.9 Å². The third kappa shape index (κ3) is 2.95. The van der Waals surface area contributed by atoms with Crippen LogP contribution in [0.2, 0.25) is 0 Å². The number of furan rings is 1. The lowest BCUT2D eigenvalue weighted by Crippen LogP contribution is -2.29. The van der Waals surface area contributed by atoms with Crippen molar-refractivity contribution in [2.24, 2.45) is 0 Å². The van der Waals surface area contributed by atoms with E-state index in [9.17, 15) is 4.79 Å².